The van der Waals surface area contributed by atoms with E-state index in [0.29, 0.717) is 11.8 Å². The van der Waals surface area contributed by atoms with E-state index in [2.05, 4.69) is 27.2 Å². The van der Waals surface area contributed by atoms with Crippen LogP contribution in [0.4, 0.5) is 5.82 Å². The summed E-state index contributed by atoms with van der Waals surface area (Å²) in [5, 5.41) is 8.90. The molecule has 4 heteroatoms. The first kappa shape index (κ1) is 12.9. The Morgan fingerprint density at radius 3 is 2.37 bits per heavy atom. The second-order valence-electron chi connectivity index (χ2n) is 5.96. The Morgan fingerprint density at radius 2 is 1.79 bits per heavy atom. The molecular weight excluding hydrogens is 236 g/mol. The van der Waals surface area contributed by atoms with Crippen LogP contribution in [0.5, 0.6) is 0 Å². The molecule has 1 aliphatic heterocycles. The lowest BCUT2D eigenvalue weighted by molar-refractivity contribution is 0.412. The van der Waals surface area contributed by atoms with Gasteiger partial charge in [0.25, 0.3) is 0 Å². The highest BCUT2D eigenvalue weighted by Crippen LogP contribution is 2.33. The maximum atomic E-state index is 5.73. The number of nitrogens with two attached hydrogens (primary N) is 1. The third kappa shape index (κ3) is 2.89. The third-order valence-corrected chi connectivity index (χ3v) is 4.72. The highest BCUT2D eigenvalue weighted by Gasteiger charge is 2.21. The Balaban J connectivity index is 1.62. The van der Waals surface area contributed by atoms with Crippen molar-refractivity contribution in [3.8, 4) is 0 Å². The molecule has 104 valence electrons. The predicted molar refractivity (Wildman–Crippen MR) is 77.2 cm³/mol. The van der Waals surface area contributed by atoms with Crippen molar-refractivity contribution in [3.63, 3.8) is 0 Å². The molecule has 19 heavy (non-hydrogen) atoms. The van der Waals surface area contributed by atoms with Crippen LogP contribution in [0.2, 0.25) is 0 Å². The molecule has 0 aromatic carbocycles. The summed E-state index contributed by atoms with van der Waals surface area (Å²) in [6, 6.07) is 4.34. The van der Waals surface area contributed by atoms with Crippen LogP contribution in [0.3, 0.4) is 0 Å². The van der Waals surface area contributed by atoms with E-state index in [0.717, 1.165) is 25.5 Å². The van der Waals surface area contributed by atoms with Gasteiger partial charge in [0.2, 0.25) is 0 Å². The van der Waals surface area contributed by atoms with Crippen molar-refractivity contribution in [1.82, 2.24) is 10.2 Å². The number of anilines is 1. The highest BCUT2D eigenvalue weighted by molar-refractivity contribution is 5.38. The van der Waals surface area contributed by atoms with Gasteiger partial charge < -0.3 is 10.6 Å². The standard InChI is InChI=1S/C15H24N4/c16-11-12-7-9-19(10-8-12)15-6-5-14(17-18-15)13-3-1-2-4-13/h5-6,12-13H,1-4,7-11,16H2. The summed E-state index contributed by atoms with van der Waals surface area (Å²) >= 11 is 0. The molecule has 2 heterocycles. The normalized spacial score (nSPS) is 22.1. The molecule has 0 unspecified atom stereocenters. The molecule has 1 aromatic rings. The van der Waals surface area contributed by atoms with E-state index in [1.54, 1.807) is 0 Å². The summed E-state index contributed by atoms with van der Waals surface area (Å²) in [5.41, 5.74) is 6.92. The van der Waals surface area contributed by atoms with E-state index in [9.17, 15) is 0 Å². The second-order valence-corrected chi connectivity index (χ2v) is 5.96. The Hall–Kier alpha value is -1.16. The van der Waals surface area contributed by atoms with Crippen molar-refractivity contribution in [2.24, 2.45) is 11.7 Å². The van der Waals surface area contributed by atoms with Gasteiger partial charge in [-0.25, -0.2) is 0 Å². The number of nitrogens with zero attached hydrogens (tertiary/aromatic N) is 3. The van der Waals surface area contributed by atoms with Gasteiger partial charge in [-0.15, -0.1) is 5.10 Å². The quantitative estimate of drug-likeness (QED) is 0.906. The van der Waals surface area contributed by atoms with E-state index in [1.807, 2.05) is 0 Å². The predicted octanol–water partition coefficient (Wildman–Crippen LogP) is 2.31. The van der Waals surface area contributed by atoms with Crippen LogP contribution in [0.1, 0.15) is 50.1 Å². The lowest BCUT2D eigenvalue weighted by atomic mass is 9.97. The average Bonchev–Trinajstić information content (AvgIpc) is 3.02. The van der Waals surface area contributed by atoms with Crippen LogP contribution >= 0.6 is 0 Å². The number of rotatable bonds is 3. The Labute approximate surface area is 115 Å². The summed E-state index contributed by atoms with van der Waals surface area (Å²) in [7, 11) is 0. The maximum Gasteiger partial charge on any atom is 0.151 e. The molecule has 0 atom stereocenters. The van der Waals surface area contributed by atoms with Crippen LogP contribution in [0, 0.1) is 5.92 Å². The molecule has 0 spiro atoms. The SMILES string of the molecule is NCC1CCN(c2ccc(C3CCCC3)nn2)CC1. The second kappa shape index (κ2) is 5.87. The van der Waals surface area contributed by atoms with Crippen molar-refractivity contribution in [3.05, 3.63) is 17.8 Å². The van der Waals surface area contributed by atoms with Crippen LogP contribution in [0.25, 0.3) is 0 Å². The van der Waals surface area contributed by atoms with Crippen LogP contribution in [-0.2, 0) is 0 Å². The number of hydrogen-bond acceptors (Lipinski definition) is 4. The molecule has 2 N–H and O–H groups in total. The zero-order valence-electron chi connectivity index (χ0n) is 11.6. The molecule has 0 radical (unpaired) electrons. The minimum Gasteiger partial charge on any atom is -0.355 e. The molecule has 1 aliphatic carbocycles. The van der Waals surface area contributed by atoms with E-state index >= 15 is 0 Å². The Bertz CT molecular complexity index is 389. The Kier molecular flexibility index (Phi) is 3.97. The van der Waals surface area contributed by atoms with E-state index in [4.69, 9.17) is 5.73 Å². The van der Waals surface area contributed by atoms with Gasteiger partial charge in [0.1, 0.15) is 0 Å². The number of hydrogen-bond donors (Lipinski definition) is 1. The first-order chi connectivity index (χ1) is 9.36. The maximum absolute atomic E-state index is 5.73. The molecule has 1 saturated carbocycles. The van der Waals surface area contributed by atoms with Crippen molar-refractivity contribution in [2.75, 3.05) is 24.5 Å². The minimum atomic E-state index is 0.657. The first-order valence-corrected chi connectivity index (χ1v) is 7.65. The Morgan fingerprint density at radius 1 is 1.05 bits per heavy atom. The average molecular weight is 260 g/mol. The topological polar surface area (TPSA) is 55.0 Å². The number of piperidine rings is 1. The molecule has 0 amide bonds. The third-order valence-electron chi connectivity index (χ3n) is 4.72. The van der Waals surface area contributed by atoms with E-state index in [-0.39, 0.29) is 0 Å². The summed E-state index contributed by atoms with van der Waals surface area (Å²) < 4.78 is 0. The smallest absolute Gasteiger partial charge is 0.151 e. The van der Waals surface area contributed by atoms with Gasteiger partial charge in [-0.05, 0) is 50.3 Å². The fourth-order valence-corrected chi connectivity index (χ4v) is 3.34. The first-order valence-electron chi connectivity index (χ1n) is 7.65. The van der Waals surface area contributed by atoms with Crippen LogP contribution in [0.15, 0.2) is 12.1 Å². The van der Waals surface area contributed by atoms with Crippen molar-refractivity contribution < 1.29 is 0 Å². The monoisotopic (exact) mass is 260 g/mol. The van der Waals surface area contributed by atoms with Gasteiger partial charge in [-0.3, -0.25) is 0 Å². The fourth-order valence-electron chi connectivity index (χ4n) is 3.34. The molecule has 3 rings (SSSR count). The molecule has 1 aromatic heterocycles. The molecule has 0 bridgehead atoms. The molecule has 4 nitrogen and oxygen atoms in total. The van der Waals surface area contributed by atoms with E-state index < -0.39 is 0 Å². The lowest BCUT2D eigenvalue weighted by Gasteiger charge is -2.31. The molecule has 2 fully saturated rings. The summed E-state index contributed by atoms with van der Waals surface area (Å²) in [6.07, 6.45) is 7.64. The van der Waals surface area contributed by atoms with Crippen LogP contribution < -0.4 is 10.6 Å². The van der Waals surface area contributed by atoms with Crippen LogP contribution in [-0.4, -0.2) is 29.8 Å². The summed E-state index contributed by atoms with van der Waals surface area (Å²) in [6.45, 7) is 2.96. The minimum absolute atomic E-state index is 0.657. The lowest BCUT2D eigenvalue weighted by Crippen LogP contribution is -2.36. The van der Waals surface area contributed by atoms with Crippen molar-refractivity contribution in [1.29, 1.82) is 0 Å². The largest absolute Gasteiger partial charge is 0.355 e. The van der Waals surface area contributed by atoms with Gasteiger partial charge >= 0.3 is 0 Å². The van der Waals surface area contributed by atoms with Crippen molar-refractivity contribution in [2.45, 2.75) is 44.4 Å². The summed E-state index contributed by atoms with van der Waals surface area (Å²) in [4.78, 5) is 2.34. The highest BCUT2D eigenvalue weighted by atomic mass is 15.3. The van der Waals surface area contributed by atoms with Gasteiger partial charge in [0.05, 0.1) is 5.69 Å². The zero-order chi connectivity index (χ0) is 13.1. The van der Waals surface area contributed by atoms with Crippen molar-refractivity contribution >= 4 is 5.82 Å². The number of aromatic nitrogens is 2. The van der Waals surface area contributed by atoms with Gasteiger partial charge in [-0.1, -0.05) is 12.8 Å². The van der Waals surface area contributed by atoms with E-state index in [1.165, 1.54) is 44.2 Å². The molecular formula is C15H24N4. The molecule has 1 saturated heterocycles. The fraction of sp³-hybridized carbons (Fsp3) is 0.733. The molecule has 2 aliphatic rings. The van der Waals surface area contributed by atoms with Gasteiger partial charge in [-0.2, -0.15) is 5.10 Å². The van der Waals surface area contributed by atoms with Gasteiger partial charge in [0.15, 0.2) is 5.82 Å². The van der Waals surface area contributed by atoms with Gasteiger partial charge in [0, 0.05) is 19.0 Å². The zero-order valence-corrected chi connectivity index (χ0v) is 11.6. The summed E-state index contributed by atoms with van der Waals surface area (Å²) in [5.74, 6) is 2.39.